The van der Waals surface area contributed by atoms with Crippen molar-refractivity contribution < 1.29 is 14.2 Å². The average molecular weight is 274 g/mol. The summed E-state index contributed by atoms with van der Waals surface area (Å²) in [7, 11) is 0. The van der Waals surface area contributed by atoms with Gasteiger partial charge in [-0.3, -0.25) is 0 Å². The minimum atomic E-state index is -0.403. The fraction of sp³-hybridized carbons (Fsp3) is 0.400. The molecule has 20 heavy (non-hydrogen) atoms. The molecule has 5 heteroatoms. The van der Waals surface area contributed by atoms with Gasteiger partial charge >= 0.3 is 0 Å². The summed E-state index contributed by atoms with van der Waals surface area (Å²) in [6.07, 6.45) is 3.73. The summed E-state index contributed by atoms with van der Waals surface area (Å²) in [5, 5.41) is 10.3. The van der Waals surface area contributed by atoms with Crippen LogP contribution in [0.5, 0.6) is 0 Å². The molecule has 0 saturated carbocycles. The van der Waals surface area contributed by atoms with Gasteiger partial charge in [0.15, 0.2) is 0 Å². The second-order valence-electron chi connectivity index (χ2n) is 5.46. The number of aliphatic hydroxyl groups is 1. The van der Waals surface area contributed by atoms with Gasteiger partial charge in [-0.15, -0.1) is 0 Å². The van der Waals surface area contributed by atoms with Crippen LogP contribution in [0.3, 0.4) is 0 Å². The van der Waals surface area contributed by atoms with Gasteiger partial charge in [0.05, 0.1) is 37.0 Å². The maximum atomic E-state index is 13.5. The molecular weight excluding hydrogens is 259 g/mol. The zero-order valence-electron chi connectivity index (χ0n) is 10.9. The lowest BCUT2D eigenvalue weighted by Gasteiger charge is -2.33. The first-order chi connectivity index (χ1) is 9.75. The highest BCUT2D eigenvalue weighted by Gasteiger charge is 2.39. The molecule has 0 bridgehead atoms. The topological polar surface area (TPSA) is 47.3 Å². The molecule has 0 amide bonds. The highest BCUT2D eigenvalue weighted by atomic mass is 19.1. The number of aliphatic hydroxyl groups excluding tert-OH is 1. The lowest BCUT2D eigenvalue weighted by Crippen LogP contribution is -2.37. The number of imidazole rings is 1. The van der Waals surface area contributed by atoms with Gasteiger partial charge in [-0.2, -0.15) is 0 Å². The van der Waals surface area contributed by atoms with E-state index in [1.165, 1.54) is 6.07 Å². The summed E-state index contributed by atoms with van der Waals surface area (Å²) in [5.74, 6) is -0.277. The minimum Gasteiger partial charge on any atom is -0.393 e. The van der Waals surface area contributed by atoms with E-state index in [0.29, 0.717) is 19.6 Å². The third-order valence-corrected chi connectivity index (χ3v) is 4.34. The van der Waals surface area contributed by atoms with E-state index in [1.807, 2.05) is 10.6 Å². The second-order valence-corrected chi connectivity index (χ2v) is 5.46. The summed E-state index contributed by atoms with van der Waals surface area (Å²) >= 11 is 0. The van der Waals surface area contributed by atoms with Crippen LogP contribution in [0.2, 0.25) is 0 Å². The van der Waals surface area contributed by atoms with Crippen LogP contribution in [0, 0.1) is 11.7 Å². The Hall–Kier alpha value is -1.72. The SMILES string of the molecule is O[C@H]1CCOC[C@@H]1C1c2ccc(F)cc2-c2cncn21. The number of nitrogens with zero attached hydrogens (tertiary/aromatic N) is 2. The molecule has 104 valence electrons. The Morgan fingerprint density at radius 2 is 2.30 bits per heavy atom. The van der Waals surface area contributed by atoms with Crippen molar-refractivity contribution in [1.29, 1.82) is 0 Å². The smallest absolute Gasteiger partial charge is 0.123 e. The van der Waals surface area contributed by atoms with Crippen molar-refractivity contribution in [2.24, 2.45) is 5.92 Å². The molecule has 4 rings (SSSR count). The molecule has 4 nitrogen and oxygen atoms in total. The van der Waals surface area contributed by atoms with Crippen LogP contribution < -0.4 is 0 Å². The molecule has 1 aromatic carbocycles. The number of rotatable bonds is 1. The number of fused-ring (bicyclic) bond motifs is 3. The third-order valence-electron chi connectivity index (χ3n) is 4.34. The predicted molar refractivity (Wildman–Crippen MR) is 70.7 cm³/mol. The fourth-order valence-corrected chi connectivity index (χ4v) is 3.38. The molecule has 2 aromatic rings. The minimum absolute atomic E-state index is 0.0246. The highest BCUT2D eigenvalue weighted by Crippen LogP contribution is 2.45. The highest BCUT2D eigenvalue weighted by molar-refractivity contribution is 5.69. The van der Waals surface area contributed by atoms with Crippen molar-refractivity contribution in [1.82, 2.24) is 9.55 Å². The van der Waals surface area contributed by atoms with E-state index in [1.54, 1.807) is 18.6 Å². The number of hydrogen-bond donors (Lipinski definition) is 1. The Morgan fingerprint density at radius 1 is 1.40 bits per heavy atom. The van der Waals surface area contributed by atoms with Crippen molar-refractivity contribution >= 4 is 0 Å². The number of halogens is 1. The van der Waals surface area contributed by atoms with Crippen molar-refractivity contribution in [3.05, 3.63) is 42.1 Å². The predicted octanol–water partition coefficient (Wildman–Crippen LogP) is 1.99. The molecule has 2 aliphatic heterocycles. The zero-order valence-corrected chi connectivity index (χ0v) is 10.9. The van der Waals surface area contributed by atoms with Gasteiger partial charge in [0.2, 0.25) is 0 Å². The quantitative estimate of drug-likeness (QED) is 0.865. The zero-order chi connectivity index (χ0) is 13.7. The van der Waals surface area contributed by atoms with Gasteiger partial charge in [-0.05, 0) is 24.1 Å². The third kappa shape index (κ3) is 1.63. The van der Waals surface area contributed by atoms with E-state index >= 15 is 0 Å². The van der Waals surface area contributed by atoms with E-state index in [-0.39, 0.29) is 17.8 Å². The van der Waals surface area contributed by atoms with Gasteiger partial charge in [0, 0.05) is 18.1 Å². The number of ether oxygens (including phenoxy) is 1. The van der Waals surface area contributed by atoms with E-state index < -0.39 is 6.10 Å². The van der Waals surface area contributed by atoms with E-state index in [0.717, 1.165) is 16.8 Å². The summed E-state index contributed by atoms with van der Waals surface area (Å²) in [5.41, 5.74) is 2.81. The molecule has 0 radical (unpaired) electrons. The number of benzene rings is 1. The van der Waals surface area contributed by atoms with Crippen LogP contribution in [0.25, 0.3) is 11.3 Å². The molecule has 1 unspecified atom stereocenters. The van der Waals surface area contributed by atoms with Crippen LogP contribution in [0.4, 0.5) is 4.39 Å². The average Bonchev–Trinajstić information content (AvgIpc) is 3.00. The first-order valence-corrected chi connectivity index (χ1v) is 6.83. The van der Waals surface area contributed by atoms with E-state index in [4.69, 9.17) is 4.74 Å². The first kappa shape index (κ1) is 12.1. The summed E-state index contributed by atoms with van der Waals surface area (Å²) < 4.78 is 21.1. The first-order valence-electron chi connectivity index (χ1n) is 6.83. The monoisotopic (exact) mass is 274 g/mol. The molecule has 3 heterocycles. The molecule has 0 spiro atoms. The molecular formula is C15H15FN2O2. The molecule has 2 aliphatic rings. The van der Waals surface area contributed by atoms with Gasteiger partial charge in [0.1, 0.15) is 5.82 Å². The largest absolute Gasteiger partial charge is 0.393 e. The molecule has 1 fully saturated rings. The molecule has 1 aromatic heterocycles. The lowest BCUT2D eigenvalue weighted by molar-refractivity contribution is -0.0481. The Bertz CT molecular complexity index is 655. The van der Waals surface area contributed by atoms with E-state index in [9.17, 15) is 9.50 Å². The van der Waals surface area contributed by atoms with Crippen LogP contribution >= 0.6 is 0 Å². The molecule has 3 atom stereocenters. The fourth-order valence-electron chi connectivity index (χ4n) is 3.38. The Kier molecular flexibility index (Phi) is 2.65. The van der Waals surface area contributed by atoms with Crippen molar-refractivity contribution in [2.75, 3.05) is 13.2 Å². The lowest BCUT2D eigenvalue weighted by atomic mass is 9.86. The number of aromatic nitrogens is 2. The van der Waals surface area contributed by atoms with Gasteiger partial charge in [0.25, 0.3) is 0 Å². The van der Waals surface area contributed by atoms with Crippen molar-refractivity contribution in [3.8, 4) is 11.3 Å². The Morgan fingerprint density at radius 3 is 3.15 bits per heavy atom. The van der Waals surface area contributed by atoms with Crippen LogP contribution in [0.1, 0.15) is 18.0 Å². The summed E-state index contributed by atoms with van der Waals surface area (Å²) in [4.78, 5) is 4.16. The second kappa shape index (κ2) is 4.40. The standard InChI is InChI=1S/C15H15FN2O2/c16-9-1-2-10-11(5-9)13-6-17-8-18(13)15(10)12-7-20-4-3-14(12)19/h1-2,5-6,8,12,14-15,19H,3-4,7H2/t12-,14-,15?/m0/s1. The van der Waals surface area contributed by atoms with Crippen LogP contribution in [-0.4, -0.2) is 34.0 Å². The van der Waals surface area contributed by atoms with Crippen molar-refractivity contribution in [2.45, 2.75) is 18.6 Å². The Labute approximate surface area is 115 Å². The normalized spacial score (nSPS) is 28.2. The summed E-state index contributed by atoms with van der Waals surface area (Å²) in [6.45, 7) is 1.11. The molecule has 0 aliphatic carbocycles. The number of hydrogen-bond acceptors (Lipinski definition) is 3. The Balaban J connectivity index is 1.85. The van der Waals surface area contributed by atoms with Crippen LogP contribution in [0.15, 0.2) is 30.7 Å². The van der Waals surface area contributed by atoms with Gasteiger partial charge in [-0.1, -0.05) is 6.07 Å². The van der Waals surface area contributed by atoms with Gasteiger partial charge < -0.3 is 14.4 Å². The van der Waals surface area contributed by atoms with Crippen molar-refractivity contribution in [3.63, 3.8) is 0 Å². The molecule has 1 saturated heterocycles. The molecule has 1 N–H and O–H groups in total. The van der Waals surface area contributed by atoms with E-state index in [2.05, 4.69) is 4.98 Å². The summed E-state index contributed by atoms with van der Waals surface area (Å²) in [6, 6.07) is 4.79. The maximum Gasteiger partial charge on any atom is 0.123 e. The van der Waals surface area contributed by atoms with Gasteiger partial charge in [-0.25, -0.2) is 9.37 Å². The maximum absolute atomic E-state index is 13.5. The van der Waals surface area contributed by atoms with Crippen LogP contribution in [-0.2, 0) is 4.74 Å².